The molecule has 0 unspecified atom stereocenters. The number of halogens is 1. The van der Waals surface area contributed by atoms with Gasteiger partial charge in [0.05, 0.1) is 6.54 Å². The fourth-order valence-corrected chi connectivity index (χ4v) is 2.74. The average molecular weight is 310 g/mol. The maximum absolute atomic E-state index is 11.7. The lowest BCUT2D eigenvalue weighted by atomic mass is 10.2. The summed E-state index contributed by atoms with van der Waals surface area (Å²) in [6.45, 7) is 8.16. The van der Waals surface area contributed by atoms with Crippen LogP contribution in [0.5, 0.6) is 0 Å². The van der Waals surface area contributed by atoms with Gasteiger partial charge >= 0.3 is 0 Å². The normalized spacial score (nSPS) is 16.9. The second-order valence-electron chi connectivity index (χ2n) is 5.53. The lowest BCUT2D eigenvalue weighted by Gasteiger charge is -2.34. The molecule has 1 aliphatic heterocycles. The fourth-order valence-electron chi connectivity index (χ4n) is 2.52. The van der Waals surface area contributed by atoms with Crippen LogP contribution >= 0.6 is 11.6 Å². The van der Waals surface area contributed by atoms with E-state index in [9.17, 15) is 4.79 Å². The van der Waals surface area contributed by atoms with Crippen molar-refractivity contribution in [2.24, 2.45) is 0 Å². The molecule has 1 amide bonds. The summed E-state index contributed by atoms with van der Waals surface area (Å²) in [6.07, 6.45) is 0.985. The van der Waals surface area contributed by atoms with Gasteiger partial charge in [-0.15, -0.1) is 0 Å². The third-order valence-electron chi connectivity index (χ3n) is 3.70. The van der Waals surface area contributed by atoms with Crippen molar-refractivity contribution in [2.45, 2.75) is 19.9 Å². The minimum atomic E-state index is 0.139. The van der Waals surface area contributed by atoms with Crippen molar-refractivity contribution in [3.8, 4) is 0 Å². The van der Waals surface area contributed by atoms with Gasteiger partial charge in [-0.2, -0.15) is 0 Å². The van der Waals surface area contributed by atoms with Gasteiger partial charge in [0.15, 0.2) is 0 Å². The van der Waals surface area contributed by atoms with Crippen LogP contribution in [-0.2, 0) is 11.3 Å². The van der Waals surface area contributed by atoms with E-state index in [1.165, 1.54) is 5.56 Å². The molecule has 4 nitrogen and oxygen atoms in total. The Morgan fingerprint density at radius 2 is 1.95 bits per heavy atom. The van der Waals surface area contributed by atoms with Gasteiger partial charge in [0.2, 0.25) is 5.91 Å². The van der Waals surface area contributed by atoms with E-state index in [1.54, 1.807) is 0 Å². The van der Waals surface area contributed by atoms with Crippen LogP contribution < -0.4 is 5.32 Å². The SMILES string of the molecule is CCCNC(=O)CN1CCN(Cc2cccc(Cl)c2)CC1. The number of carbonyl (C=O) groups excluding carboxylic acids is 1. The smallest absolute Gasteiger partial charge is 0.234 e. The van der Waals surface area contributed by atoms with E-state index in [-0.39, 0.29) is 5.91 Å². The summed E-state index contributed by atoms with van der Waals surface area (Å²) in [7, 11) is 0. The second-order valence-corrected chi connectivity index (χ2v) is 5.97. The van der Waals surface area contributed by atoms with Crippen molar-refractivity contribution in [3.63, 3.8) is 0 Å². The van der Waals surface area contributed by atoms with Gasteiger partial charge in [0.25, 0.3) is 0 Å². The molecule has 0 radical (unpaired) electrons. The van der Waals surface area contributed by atoms with E-state index in [0.29, 0.717) is 6.54 Å². The molecule has 0 aromatic heterocycles. The number of carbonyl (C=O) groups is 1. The molecule has 1 aliphatic rings. The number of nitrogens with one attached hydrogen (secondary N) is 1. The largest absolute Gasteiger partial charge is 0.355 e. The number of hydrogen-bond donors (Lipinski definition) is 1. The zero-order chi connectivity index (χ0) is 15.1. The van der Waals surface area contributed by atoms with Crippen LogP contribution in [0.3, 0.4) is 0 Å². The van der Waals surface area contributed by atoms with E-state index in [1.807, 2.05) is 18.2 Å². The quantitative estimate of drug-likeness (QED) is 0.873. The Morgan fingerprint density at radius 1 is 1.24 bits per heavy atom. The van der Waals surface area contributed by atoms with Crippen LogP contribution in [0.2, 0.25) is 5.02 Å². The molecule has 0 saturated carbocycles. The van der Waals surface area contributed by atoms with Gasteiger partial charge in [-0.3, -0.25) is 14.6 Å². The average Bonchev–Trinajstić information content (AvgIpc) is 2.47. The molecule has 1 heterocycles. The van der Waals surface area contributed by atoms with Crippen LogP contribution in [-0.4, -0.2) is 55.0 Å². The molecule has 1 aromatic rings. The van der Waals surface area contributed by atoms with Crippen molar-refractivity contribution in [2.75, 3.05) is 39.3 Å². The molecule has 116 valence electrons. The van der Waals surface area contributed by atoms with E-state index in [4.69, 9.17) is 11.6 Å². The fraction of sp³-hybridized carbons (Fsp3) is 0.562. The van der Waals surface area contributed by atoms with Gasteiger partial charge in [-0.25, -0.2) is 0 Å². The molecule has 1 N–H and O–H groups in total. The molecule has 0 bridgehead atoms. The number of hydrogen-bond acceptors (Lipinski definition) is 3. The van der Waals surface area contributed by atoms with Gasteiger partial charge < -0.3 is 5.32 Å². The standard InChI is InChI=1S/C16H24ClN3O/c1-2-6-18-16(21)13-20-9-7-19(8-10-20)12-14-4-3-5-15(17)11-14/h3-5,11H,2,6-10,12-13H2,1H3,(H,18,21). The lowest BCUT2D eigenvalue weighted by Crippen LogP contribution is -2.49. The van der Waals surface area contributed by atoms with Gasteiger partial charge in [-0.05, 0) is 24.1 Å². The number of piperazine rings is 1. The molecule has 0 aliphatic carbocycles. The first-order chi connectivity index (χ1) is 10.2. The highest BCUT2D eigenvalue weighted by atomic mass is 35.5. The predicted octanol–water partition coefficient (Wildman–Crippen LogP) is 1.98. The summed E-state index contributed by atoms with van der Waals surface area (Å²) in [4.78, 5) is 16.3. The Hall–Kier alpha value is -1.10. The molecule has 0 spiro atoms. The molecule has 5 heteroatoms. The highest BCUT2D eigenvalue weighted by Crippen LogP contribution is 2.13. The van der Waals surface area contributed by atoms with Crippen molar-refractivity contribution < 1.29 is 4.79 Å². The summed E-state index contributed by atoms with van der Waals surface area (Å²) in [6, 6.07) is 8.02. The highest BCUT2D eigenvalue weighted by molar-refractivity contribution is 6.30. The third-order valence-corrected chi connectivity index (χ3v) is 3.93. The van der Waals surface area contributed by atoms with Crippen LogP contribution in [0.15, 0.2) is 24.3 Å². The molecule has 1 aromatic carbocycles. The summed E-state index contributed by atoms with van der Waals surface area (Å²) in [5.74, 6) is 0.139. The van der Waals surface area contributed by atoms with Crippen molar-refractivity contribution in [1.82, 2.24) is 15.1 Å². The Balaban J connectivity index is 1.72. The maximum atomic E-state index is 11.7. The van der Waals surface area contributed by atoms with Crippen LogP contribution in [0.1, 0.15) is 18.9 Å². The Morgan fingerprint density at radius 3 is 2.62 bits per heavy atom. The topological polar surface area (TPSA) is 35.6 Å². The maximum Gasteiger partial charge on any atom is 0.234 e. The Bertz CT molecular complexity index is 459. The van der Waals surface area contributed by atoms with Crippen LogP contribution in [0.4, 0.5) is 0 Å². The second kappa shape index (κ2) is 8.37. The molecule has 1 saturated heterocycles. The number of rotatable bonds is 6. The Kier molecular flexibility index (Phi) is 6.49. The van der Waals surface area contributed by atoms with Crippen molar-refractivity contribution >= 4 is 17.5 Å². The van der Waals surface area contributed by atoms with Crippen LogP contribution in [0.25, 0.3) is 0 Å². The van der Waals surface area contributed by atoms with Gasteiger partial charge in [0, 0.05) is 44.3 Å². The minimum Gasteiger partial charge on any atom is -0.355 e. The molecule has 0 atom stereocenters. The first-order valence-corrected chi connectivity index (χ1v) is 8.01. The molecular formula is C16H24ClN3O. The summed E-state index contributed by atoms with van der Waals surface area (Å²) in [5.41, 5.74) is 1.25. The van der Waals surface area contributed by atoms with Gasteiger partial charge in [-0.1, -0.05) is 30.7 Å². The minimum absolute atomic E-state index is 0.139. The zero-order valence-electron chi connectivity index (χ0n) is 12.6. The number of nitrogens with zero attached hydrogens (tertiary/aromatic N) is 2. The van der Waals surface area contributed by atoms with E-state index >= 15 is 0 Å². The summed E-state index contributed by atoms with van der Waals surface area (Å²) >= 11 is 6.01. The van der Waals surface area contributed by atoms with E-state index < -0.39 is 0 Å². The van der Waals surface area contributed by atoms with Crippen molar-refractivity contribution in [3.05, 3.63) is 34.9 Å². The van der Waals surface area contributed by atoms with Crippen molar-refractivity contribution in [1.29, 1.82) is 0 Å². The summed E-state index contributed by atoms with van der Waals surface area (Å²) < 4.78 is 0. The molecular weight excluding hydrogens is 286 g/mol. The predicted molar refractivity (Wildman–Crippen MR) is 86.5 cm³/mol. The van der Waals surface area contributed by atoms with Gasteiger partial charge in [0.1, 0.15) is 0 Å². The highest BCUT2D eigenvalue weighted by Gasteiger charge is 2.18. The first kappa shape index (κ1) is 16.3. The Labute approximate surface area is 132 Å². The molecule has 1 fully saturated rings. The van der Waals surface area contributed by atoms with E-state index in [2.05, 4.69) is 28.1 Å². The number of amides is 1. The third kappa shape index (κ3) is 5.65. The first-order valence-electron chi connectivity index (χ1n) is 7.63. The monoisotopic (exact) mass is 309 g/mol. The number of benzene rings is 1. The summed E-state index contributed by atoms with van der Waals surface area (Å²) in [5, 5.41) is 3.72. The zero-order valence-corrected chi connectivity index (χ0v) is 13.4. The van der Waals surface area contributed by atoms with E-state index in [0.717, 1.165) is 50.7 Å². The molecule has 21 heavy (non-hydrogen) atoms. The molecule has 2 rings (SSSR count). The lowest BCUT2D eigenvalue weighted by molar-refractivity contribution is -0.122. The van der Waals surface area contributed by atoms with Crippen LogP contribution in [0, 0.1) is 0 Å².